The predicted molar refractivity (Wildman–Crippen MR) is 111 cm³/mol. The second kappa shape index (κ2) is 9.69. The quantitative estimate of drug-likeness (QED) is 0.768. The fourth-order valence-corrected chi connectivity index (χ4v) is 3.19. The Labute approximate surface area is 165 Å². The zero-order valence-corrected chi connectivity index (χ0v) is 16.2. The summed E-state index contributed by atoms with van der Waals surface area (Å²) in [5, 5.41) is 8.59. The number of carbonyl (C=O) groups is 2. The molecule has 0 radical (unpaired) electrons. The van der Waals surface area contributed by atoms with Crippen molar-refractivity contribution in [1.82, 2.24) is 10.3 Å². The lowest BCUT2D eigenvalue weighted by Crippen LogP contribution is -2.42. The third-order valence-electron chi connectivity index (χ3n) is 4.71. The lowest BCUT2D eigenvalue weighted by atomic mass is 10.0. The molecule has 2 aromatic carbocycles. The van der Waals surface area contributed by atoms with E-state index in [1.807, 2.05) is 48.5 Å². The molecule has 2 aromatic rings. The molecule has 3 rings (SSSR count). The van der Waals surface area contributed by atoms with Gasteiger partial charge in [0, 0.05) is 38.2 Å². The summed E-state index contributed by atoms with van der Waals surface area (Å²) in [6.07, 6.45) is 0.974. The molecule has 0 aromatic heterocycles. The molecule has 0 saturated heterocycles. The number of benzene rings is 2. The van der Waals surface area contributed by atoms with Gasteiger partial charge in [-0.3, -0.25) is 9.59 Å². The molecule has 2 amide bonds. The molecule has 1 heterocycles. The van der Waals surface area contributed by atoms with E-state index in [2.05, 4.69) is 34.4 Å². The molecular formula is C22H26N4O2. The van der Waals surface area contributed by atoms with Crippen LogP contribution in [0, 0.1) is 0 Å². The summed E-state index contributed by atoms with van der Waals surface area (Å²) in [6.45, 7) is 4.11. The first-order valence-electron chi connectivity index (χ1n) is 9.67. The molecule has 1 aliphatic rings. The molecule has 6 nitrogen and oxygen atoms in total. The van der Waals surface area contributed by atoms with Crippen LogP contribution >= 0.6 is 0 Å². The van der Waals surface area contributed by atoms with Gasteiger partial charge in [0.1, 0.15) is 6.54 Å². The Balaban J connectivity index is 1.53. The Bertz CT molecular complexity index is 821. The molecule has 0 unspecified atom stereocenters. The van der Waals surface area contributed by atoms with Gasteiger partial charge in [-0.05, 0) is 24.6 Å². The summed E-state index contributed by atoms with van der Waals surface area (Å²) in [6, 6.07) is 19.9. The number of nitrogens with one attached hydrogen (secondary N) is 1. The molecule has 0 atom stereocenters. The molecule has 28 heavy (non-hydrogen) atoms. The number of likely N-dealkylation sites (N-methyl/N-ethyl adjacent to an activating group) is 1. The second-order valence-corrected chi connectivity index (χ2v) is 6.63. The number of nitrogens with zero attached hydrogens (tertiary/aromatic N) is 3. The first-order valence-corrected chi connectivity index (χ1v) is 9.67. The molecule has 1 N–H and O–H groups in total. The molecular weight excluding hydrogens is 352 g/mol. The van der Waals surface area contributed by atoms with E-state index in [9.17, 15) is 9.59 Å². The highest BCUT2D eigenvalue weighted by Crippen LogP contribution is 2.15. The van der Waals surface area contributed by atoms with Crippen molar-refractivity contribution in [1.29, 1.82) is 0 Å². The Morgan fingerprint density at radius 1 is 1.07 bits per heavy atom. The predicted octanol–water partition coefficient (Wildman–Crippen LogP) is 2.66. The van der Waals surface area contributed by atoms with Gasteiger partial charge in [-0.15, -0.1) is 0 Å². The summed E-state index contributed by atoms with van der Waals surface area (Å²) < 4.78 is 0. The number of carbonyl (C=O) groups excluding carboxylic acids is 2. The van der Waals surface area contributed by atoms with Gasteiger partial charge in [-0.1, -0.05) is 48.5 Å². The molecule has 6 heteroatoms. The fraction of sp³-hybridized carbons (Fsp3) is 0.318. The number of hydrogen-bond acceptors (Lipinski definition) is 4. The summed E-state index contributed by atoms with van der Waals surface area (Å²) >= 11 is 0. The summed E-state index contributed by atoms with van der Waals surface area (Å²) in [4.78, 5) is 26.7. The number of hydrazone groups is 1. The summed E-state index contributed by atoms with van der Waals surface area (Å²) in [7, 11) is 0. The SMILES string of the molecule is CCN(CCNC(=O)CN1N=C(c2ccccc2)CCC1=O)c1ccccc1. The second-order valence-electron chi connectivity index (χ2n) is 6.63. The largest absolute Gasteiger partial charge is 0.370 e. The minimum absolute atomic E-state index is 0.0490. The van der Waals surface area contributed by atoms with E-state index < -0.39 is 0 Å². The molecule has 0 saturated carbocycles. The van der Waals surface area contributed by atoms with Crippen molar-refractivity contribution in [3.8, 4) is 0 Å². The normalized spacial score (nSPS) is 13.8. The van der Waals surface area contributed by atoms with Crippen LogP contribution in [0.15, 0.2) is 65.8 Å². The highest BCUT2D eigenvalue weighted by Gasteiger charge is 2.23. The van der Waals surface area contributed by atoms with Crippen molar-refractivity contribution in [2.75, 3.05) is 31.1 Å². The van der Waals surface area contributed by atoms with Crippen LogP contribution in [0.5, 0.6) is 0 Å². The Kier molecular flexibility index (Phi) is 6.78. The minimum Gasteiger partial charge on any atom is -0.370 e. The van der Waals surface area contributed by atoms with Crippen LogP contribution in [-0.2, 0) is 9.59 Å². The number of anilines is 1. The number of amides is 2. The third kappa shape index (κ3) is 5.19. The highest BCUT2D eigenvalue weighted by atomic mass is 16.2. The number of para-hydroxylation sites is 1. The van der Waals surface area contributed by atoms with Crippen LogP contribution < -0.4 is 10.2 Å². The summed E-state index contributed by atoms with van der Waals surface area (Å²) in [5.41, 5.74) is 2.96. The molecule has 0 bridgehead atoms. The average Bonchev–Trinajstić information content (AvgIpc) is 2.74. The zero-order chi connectivity index (χ0) is 19.8. The van der Waals surface area contributed by atoms with Gasteiger partial charge < -0.3 is 10.2 Å². The highest BCUT2D eigenvalue weighted by molar-refractivity contribution is 6.04. The van der Waals surface area contributed by atoms with E-state index in [4.69, 9.17) is 0 Å². The van der Waals surface area contributed by atoms with Crippen LogP contribution in [0.3, 0.4) is 0 Å². The van der Waals surface area contributed by atoms with Gasteiger partial charge in [0.25, 0.3) is 0 Å². The van der Waals surface area contributed by atoms with Crippen molar-refractivity contribution in [3.05, 3.63) is 66.2 Å². The standard InChI is InChI=1S/C22H26N4O2/c1-2-25(19-11-7-4-8-12-19)16-15-23-21(27)17-26-22(28)14-13-20(24-26)18-9-5-3-6-10-18/h3-12H,2,13-17H2,1H3,(H,23,27). The van der Waals surface area contributed by atoms with Crippen molar-refractivity contribution in [3.63, 3.8) is 0 Å². The smallest absolute Gasteiger partial charge is 0.243 e. The van der Waals surface area contributed by atoms with Gasteiger partial charge in [-0.2, -0.15) is 5.10 Å². The van der Waals surface area contributed by atoms with Crippen molar-refractivity contribution < 1.29 is 9.59 Å². The van der Waals surface area contributed by atoms with Gasteiger partial charge in [0.2, 0.25) is 11.8 Å². The first kappa shape index (κ1) is 19.6. The van der Waals surface area contributed by atoms with Gasteiger partial charge >= 0.3 is 0 Å². The van der Waals surface area contributed by atoms with Gasteiger partial charge in [0.15, 0.2) is 0 Å². The van der Waals surface area contributed by atoms with Gasteiger partial charge in [0.05, 0.1) is 5.71 Å². The maximum atomic E-state index is 12.3. The van der Waals surface area contributed by atoms with Crippen LogP contribution in [0.2, 0.25) is 0 Å². The van der Waals surface area contributed by atoms with E-state index in [1.165, 1.54) is 5.01 Å². The molecule has 0 fully saturated rings. The Hall–Kier alpha value is -3.15. The van der Waals surface area contributed by atoms with Crippen LogP contribution in [0.4, 0.5) is 5.69 Å². The fourth-order valence-electron chi connectivity index (χ4n) is 3.19. The van der Waals surface area contributed by atoms with Crippen LogP contribution in [-0.4, -0.2) is 48.7 Å². The monoisotopic (exact) mass is 378 g/mol. The number of hydrogen-bond donors (Lipinski definition) is 1. The minimum atomic E-state index is -0.199. The maximum absolute atomic E-state index is 12.3. The van der Waals surface area contributed by atoms with E-state index in [0.717, 1.165) is 23.5 Å². The van der Waals surface area contributed by atoms with E-state index in [-0.39, 0.29) is 18.4 Å². The molecule has 1 aliphatic heterocycles. The average molecular weight is 378 g/mol. The van der Waals surface area contributed by atoms with Gasteiger partial charge in [-0.25, -0.2) is 5.01 Å². The van der Waals surface area contributed by atoms with Crippen molar-refractivity contribution in [2.45, 2.75) is 19.8 Å². The van der Waals surface area contributed by atoms with Crippen LogP contribution in [0.1, 0.15) is 25.3 Å². The lowest BCUT2D eigenvalue weighted by molar-refractivity contribution is -0.136. The summed E-state index contributed by atoms with van der Waals surface area (Å²) in [5.74, 6) is -0.315. The zero-order valence-electron chi connectivity index (χ0n) is 16.2. The number of rotatable bonds is 8. The van der Waals surface area contributed by atoms with E-state index in [1.54, 1.807) is 0 Å². The molecule has 146 valence electrons. The topological polar surface area (TPSA) is 65.0 Å². The molecule has 0 spiro atoms. The maximum Gasteiger partial charge on any atom is 0.243 e. The van der Waals surface area contributed by atoms with E-state index >= 15 is 0 Å². The third-order valence-corrected chi connectivity index (χ3v) is 4.71. The van der Waals surface area contributed by atoms with E-state index in [0.29, 0.717) is 25.9 Å². The van der Waals surface area contributed by atoms with Crippen molar-refractivity contribution in [2.24, 2.45) is 5.10 Å². The lowest BCUT2D eigenvalue weighted by Gasteiger charge is -2.25. The van der Waals surface area contributed by atoms with Crippen LogP contribution in [0.25, 0.3) is 0 Å². The first-order chi connectivity index (χ1) is 13.7. The Morgan fingerprint density at radius 3 is 2.43 bits per heavy atom. The van der Waals surface area contributed by atoms with Crippen molar-refractivity contribution >= 4 is 23.2 Å². The molecule has 0 aliphatic carbocycles. The Morgan fingerprint density at radius 2 is 1.75 bits per heavy atom.